The number of likely N-dealkylation sites (tertiary alicyclic amines) is 1. The van der Waals surface area contributed by atoms with E-state index in [4.69, 9.17) is 9.68 Å². The molecule has 21 heavy (non-hydrogen) atoms. The zero-order valence-corrected chi connectivity index (χ0v) is 13.6. The molecule has 0 aromatic carbocycles. The van der Waals surface area contributed by atoms with Crippen LogP contribution in [0, 0.1) is 11.3 Å². The smallest absolute Gasteiger partial charge is 0.204 e. The number of hydrogen-bond donors (Lipinski definition) is 1. The van der Waals surface area contributed by atoms with Gasteiger partial charge >= 0.3 is 0 Å². The number of piperidine rings is 1. The predicted molar refractivity (Wildman–Crippen MR) is 85.2 cm³/mol. The van der Waals surface area contributed by atoms with E-state index in [1.807, 2.05) is 6.07 Å². The Morgan fingerprint density at radius 1 is 1.52 bits per heavy atom. The Kier molecular flexibility index (Phi) is 3.87. The summed E-state index contributed by atoms with van der Waals surface area (Å²) in [5, 5.41) is 13.3. The van der Waals surface area contributed by atoms with Gasteiger partial charge in [0.1, 0.15) is 11.9 Å². The van der Waals surface area contributed by atoms with E-state index in [1.165, 1.54) is 6.42 Å². The molecule has 0 radical (unpaired) electrons. The molecular weight excluding hydrogens is 332 g/mol. The van der Waals surface area contributed by atoms with Crippen molar-refractivity contribution in [3.63, 3.8) is 0 Å². The molecule has 0 amide bonds. The fraction of sp³-hybridized carbons (Fsp3) is 0.467. The third-order valence-corrected chi connectivity index (χ3v) is 4.96. The summed E-state index contributed by atoms with van der Waals surface area (Å²) in [6, 6.07) is 4.77. The maximum absolute atomic E-state index is 8.91. The van der Waals surface area contributed by atoms with Crippen LogP contribution in [0.25, 0.3) is 11.0 Å². The normalized spacial score (nSPS) is 23.1. The van der Waals surface area contributed by atoms with Gasteiger partial charge in [-0.05, 0) is 42.7 Å². The van der Waals surface area contributed by atoms with Gasteiger partial charge in [0, 0.05) is 30.1 Å². The first-order chi connectivity index (χ1) is 10.1. The van der Waals surface area contributed by atoms with E-state index in [0.29, 0.717) is 23.4 Å². The minimum Gasteiger partial charge on any atom is -0.444 e. The molecule has 110 valence electrons. The minimum atomic E-state index is 0.302. The van der Waals surface area contributed by atoms with Crippen LogP contribution in [-0.2, 0) is 0 Å². The van der Waals surface area contributed by atoms with Gasteiger partial charge in [0.05, 0.1) is 10.7 Å². The fourth-order valence-electron chi connectivity index (χ4n) is 2.73. The van der Waals surface area contributed by atoms with E-state index in [0.717, 1.165) is 28.6 Å². The van der Waals surface area contributed by atoms with Crippen molar-refractivity contribution < 1.29 is 4.42 Å². The third kappa shape index (κ3) is 2.76. The first-order valence-electron chi connectivity index (χ1n) is 7.03. The summed E-state index contributed by atoms with van der Waals surface area (Å²) < 4.78 is 6.24. The maximum Gasteiger partial charge on any atom is 0.204 e. The number of likely N-dealkylation sites (N-methyl/N-ethyl adjacent to an activating group) is 1. The summed E-state index contributed by atoms with van der Waals surface area (Å²) in [7, 11) is 2.15. The molecule has 0 spiro atoms. The highest BCUT2D eigenvalue weighted by atomic mass is 79.9. The summed E-state index contributed by atoms with van der Waals surface area (Å²) in [5.41, 5.74) is 0.623. The highest BCUT2D eigenvalue weighted by Crippen LogP contribution is 2.32. The van der Waals surface area contributed by atoms with E-state index in [2.05, 4.69) is 45.1 Å². The number of nitrogens with zero attached hydrogens (tertiary/aromatic N) is 3. The molecule has 0 unspecified atom stereocenters. The molecule has 0 saturated carbocycles. The number of rotatable bonds is 2. The molecule has 6 heteroatoms. The molecular formula is C15H17BrN4O. The second kappa shape index (κ2) is 5.66. The molecule has 0 aliphatic carbocycles. The van der Waals surface area contributed by atoms with Gasteiger partial charge in [0.15, 0.2) is 5.58 Å². The fourth-order valence-corrected chi connectivity index (χ4v) is 3.26. The molecule has 2 aromatic rings. The topological polar surface area (TPSA) is 65.1 Å². The Bertz CT molecular complexity index is 705. The lowest BCUT2D eigenvalue weighted by Gasteiger charge is -2.35. The number of aromatic nitrogens is 1. The van der Waals surface area contributed by atoms with Gasteiger partial charge < -0.3 is 14.6 Å². The monoisotopic (exact) mass is 348 g/mol. The van der Waals surface area contributed by atoms with Crippen molar-refractivity contribution in [2.75, 3.05) is 18.9 Å². The number of hydrogen-bond acceptors (Lipinski definition) is 5. The molecule has 3 rings (SSSR count). The van der Waals surface area contributed by atoms with Crippen molar-refractivity contribution in [3.05, 3.63) is 22.5 Å². The molecule has 1 saturated heterocycles. The van der Waals surface area contributed by atoms with E-state index in [-0.39, 0.29) is 0 Å². The highest BCUT2D eigenvalue weighted by molar-refractivity contribution is 9.10. The van der Waals surface area contributed by atoms with Gasteiger partial charge in [-0.1, -0.05) is 0 Å². The molecule has 3 heterocycles. The van der Waals surface area contributed by atoms with Gasteiger partial charge in [-0.15, -0.1) is 0 Å². The minimum absolute atomic E-state index is 0.302. The maximum atomic E-state index is 8.91. The summed E-state index contributed by atoms with van der Waals surface area (Å²) in [6.45, 7) is 3.26. The average Bonchev–Trinajstić information content (AvgIpc) is 2.90. The summed E-state index contributed by atoms with van der Waals surface area (Å²) in [5.74, 6) is 1.11. The lowest BCUT2D eigenvalue weighted by Crippen LogP contribution is -2.44. The van der Waals surface area contributed by atoms with Crippen molar-refractivity contribution in [3.8, 4) is 6.07 Å². The number of pyridine rings is 1. The molecule has 2 atom stereocenters. The predicted octanol–water partition coefficient (Wildman–Crippen LogP) is 3.36. The highest BCUT2D eigenvalue weighted by Gasteiger charge is 2.23. The summed E-state index contributed by atoms with van der Waals surface area (Å²) in [6.07, 6.45) is 3.98. The molecule has 1 N–H and O–H groups in total. The largest absolute Gasteiger partial charge is 0.444 e. The number of halogens is 1. The second-order valence-corrected chi connectivity index (χ2v) is 6.42. The van der Waals surface area contributed by atoms with Crippen LogP contribution in [0.1, 0.15) is 25.5 Å². The summed E-state index contributed by atoms with van der Waals surface area (Å²) >= 11 is 3.57. The second-order valence-electron chi connectivity index (χ2n) is 5.63. The summed E-state index contributed by atoms with van der Waals surface area (Å²) in [4.78, 5) is 6.77. The SMILES string of the molecule is C[C@H]1CC[C@H](Nc2ncc3oc(C#N)cc3c2Br)CN1C. The number of furan rings is 1. The van der Waals surface area contributed by atoms with Gasteiger partial charge in [-0.25, -0.2) is 4.98 Å². The third-order valence-electron chi connectivity index (χ3n) is 4.16. The number of anilines is 1. The van der Waals surface area contributed by atoms with Crippen LogP contribution in [0.3, 0.4) is 0 Å². The first kappa shape index (κ1) is 14.4. The Balaban J connectivity index is 1.84. The van der Waals surface area contributed by atoms with Crippen molar-refractivity contribution in [2.24, 2.45) is 0 Å². The molecule has 2 aromatic heterocycles. The van der Waals surface area contributed by atoms with Crippen LogP contribution in [0.15, 0.2) is 21.2 Å². The Morgan fingerprint density at radius 3 is 3.05 bits per heavy atom. The molecule has 0 bridgehead atoms. The van der Waals surface area contributed by atoms with Crippen LogP contribution in [0.5, 0.6) is 0 Å². The Labute approximate surface area is 132 Å². The number of fused-ring (bicyclic) bond motifs is 1. The van der Waals surface area contributed by atoms with Crippen molar-refractivity contribution in [2.45, 2.75) is 31.8 Å². The van der Waals surface area contributed by atoms with E-state index < -0.39 is 0 Å². The van der Waals surface area contributed by atoms with Crippen molar-refractivity contribution in [1.82, 2.24) is 9.88 Å². The average molecular weight is 349 g/mol. The quantitative estimate of drug-likeness (QED) is 0.901. The van der Waals surface area contributed by atoms with Gasteiger partial charge in [0.25, 0.3) is 0 Å². The molecule has 1 aliphatic rings. The Hall–Kier alpha value is -1.58. The molecule has 5 nitrogen and oxygen atoms in total. The van der Waals surface area contributed by atoms with Gasteiger partial charge in [0.2, 0.25) is 5.76 Å². The number of nitrogens with one attached hydrogen (secondary N) is 1. The van der Waals surface area contributed by atoms with E-state index in [9.17, 15) is 0 Å². The molecule has 1 aliphatic heterocycles. The van der Waals surface area contributed by atoms with Crippen LogP contribution < -0.4 is 5.32 Å². The van der Waals surface area contributed by atoms with Crippen LogP contribution in [0.2, 0.25) is 0 Å². The zero-order chi connectivity index (χ0) is 15.0. The Morgan fingerprint density at radius 2 is 2.33 bits per heavy atom. The van der Waals surface area contributed by atoms with E-state index >= 15 is 0 Å². The van der Waals surface area contributed by atoms with Gasteiger partial charge in [-0.2, -0.15) is 5.26 Å². The number of nitriles is 1. The molecule has 1 fully saturated rings. The standard InChI is InChI=1S/C15H17BrN4O/c1-9-3-4-10(8-20(9)2)19-15-14(16)12-5-11(6-17)21-13(12)7-18-15/h5,7,9-10H,3-4,8H2,1-2H3,(H,18,19)/t9-,10-/m0/s1. The van der Waals surface area contributed by atoms with Crippen LogP contribution in [0.4, 0.5) is 5.82 Å². The first-order valence-corrected chi connectivity index (χ1v) is 7.82. The van der Waals surface area contributed by atoms with Crippen molar-refractivity contribution in [1.29, 1.82) is 5.26 Å². The van der Waals surface area contributed by atoms with Crippen LogP contribution >= 0.6 is 15.9 Å². The lowest BCUT2D eigenvalue weighted by atomic mass is 10.0. The van der Waals surface area contributed by atoms with E-state index in [1.54, 1.807) is 12.3 Å². The van der Waals surface area contributed by atoms with Crippen LogP contribution in [-0.4, -0.2) is 35.6 Å². The van der Waals surface area contributed by atoms with Gasteiger partial charge in [-0.3, -0.25) is 0 Å². The van der Waals surface area contributed by atoms with Crippen molar-refractivity contribution >= 4 is 32.7 Å². The zero-order valence-electron chi connectivity index (χ0n) is 12.1. The lowest BCUT2D eigenvalue weighted by molar-refractivity contribution is 0.188.